The van der Waals surface area contributed by atoms with Gasteiger partial charge in [0.05, 0.1) is 11.7 Å². The van der Waals surface area contributed by atoms with E-state index in [-0.39, 0.29) is 17.4 Å². The normalized spacial score (nSPS) is 44.6. The average molecular weight is 304 g/mol. The molecule has 122 valence electrons. The van der Waals surface area contributed by atoms with Gasteiger partial charge in [-0.2, -0.15) is 5.26 Å². The predicted octanol–water partition coefficient (Wildman–Crippen LogP) is 2.86. The van der Waals surface area contributed by atoms with Crippen LogP contribution in [0.4, 0.5) is 0 Å². The first-order valence-corrected chi connectivity index (χ1v) is 8.74. The second-order valence-corrected chi connectivity index (χ2v) is 8.58. The summed E-state index contributed by atoms with van der Waals surface area (Å²) >= 11 is 0. The number of carbonyl (C=O) groups excluding carboxylic acids is 1. The van der Waals surface area contributed by atoms with Gasteiger partial charge < -0.3 is 10.0 Å². The van der Waals surface area contributed by atoms with E-state index in [1.807, 2.05) is 0 Å². The molecule has 0 radical (unpaired) electrons. The van der Waals surface area contributed by atoms with Crippen molar-refractivity contribution in [2.45, 2.75) is 76.9 Å². The van der Waals surface area contributed by atoms with Gasteiger partial charge in [-0.1, -0.05) is 13.8 Å². The summed E-state index contributed by atoms with van der Waals surface area (Å²) in [6, 6.07) is 2.02. The fraction of sp³-hybridized carbons (Fsp3) is 0.889. The number of rotatable bonds is 2. The Balaban J connectivity index is 1.69. The van der Waals surface area contributed by atoms with Crippen molar-refractivity contribution in [3.8, 4) is 6.07 Å². The first kappa shape index (κ1) is 15.8. The Kier molecular flexibility index (Phi) is 3.97. The molecule has 0 aromatic carbocycles. The lowest BCUT2D eigenvalue weighted by Crippen LogP contribution is -2.50. The molecule has 2 aliphatic carbocycles. The zero-order valence-corrected chi connectivity index (χ0v) is 13.8. The number of amides is 1. The molecule has 1 aliphatic heterocycles. The molecule has 0 aromatic heterocycles. The van der Waals surface area contributed by atoms with E-state index in [2.05, 4.69) is 19.9 Å². The Morgan fingerprint density at radius 3 is 2.86 bits per heavy atom. The molecular formula is C18H28N2O2. The van der Waals surface area contributed by atoms with Gasteiger partial charge in [0.1, 0.15) is 6.04 Å². The number of hydrogen-bond donors (Lipinski definition) is 1. The van der Waals surface area contributed by atoms with E-state index >= 15 is 0 Å². The molecule has 2 saturated carbocycles. The summed E-state index contributed by atoms with van der Waals surface area (Å²) in [6.45, 7) is 5.11. The molecule has 4 heteroatoms. The second kappa shape index (κ2) is 5.53. The highest BCUT2D eigenvalue weighted by atomic mass is 16.3. The monoisotopic (exact) mass is 304 g/mol. The SMILES string of the molecule is CC1CC2CC(C)(CC(=O)N3CCCC3C#N)CC(O)(C1)C2. The van der Waals surface area contributed by atoms with Crippen LogP contribution >= 0.6 is 0 Å². The molecule has 0 spiro atoms. The number of hydrogen-bond acceptors (Lipinski definition) is 3. The Bertz CT molecular complexity index is 496. The van der Waals surface area contributed by atoms with E-state index in [0.717, 1.165) is 45.1 Å². The van der Waals surface area contributed by atoms with Crippen molar-refractivity contribution in [1.82, 2.24) is 4.90 Å². The summed E-state index contributed by atoms with van der Waals surface area (Å²) < 4.78 is 0. The van der Waals surface area contributed by atoms with E-state index in [0.29, 0.717) is 18.3 Å². The second-order valence-electron chi connectivity index (χ2n) is 8.58. The smallest absolute Gasteiger partial charge is 0.224 e. The average Bonchev–Trinajstić information content (AvgIpc) is 2.82. The van der Waals surface area contributed by atoms with Crippen LogP contribution in [-0.4, -0.2) is 34.1 Å². The Labute approximate surface area is 133 Å². The summed E-state index contributed by atoms with van der Waals surface area (Å²) in [6.07, 6.45) is 6.96. The molecule has 5 atom stereocenters. The number of aliphatic hydroxyl groups is 1. The highest BCUT2D eigenvalue weighted by Gasteiger charge is 2.49. The van der Waals surface area contributed by atoms with Crippen LogP contribution in [0.2, 0.25) is 0 Å². The first-order chi connectivity index (χ1) is 10.3. The minimum Gasteiger partial charge on any atom is -0.390 e. The Morgan fingerprint density at radius 1 is 1.41 bits per heavy atom. The summed E-state index contributed by atoms with van der Waals surface area (Å²) in [4.78, 5) is 14.4. The molecule has 3 fully saturated rings. The van der Waals surface area contributed by atoms with Crippen molar-refractivity contribution < 1.29 is 9.90 Å². The van der Waals surface area contributed by atoms with Gasteiger partial charge >= 0.3 is 0 Å². The predicted molar refractivity (Wildman–Crippen MR) is 83.8 cm³/mol. The maximum absolute atomic E-state index is 12.7. The molecule has 3 rings (SSSR count). The van der Waals surface area contributed by atoms with E-state index in [4.69, 9.17) is 0 Å². The summed E-state index contributed by atoms with van der Waals surface area (Å²) in [5, 5.41) is 20.1. The number of likely N-dealkylation sites (tertiary alicyclic amines) is 1. The van der Waals surface area contributed by atoms with Crippen LogP contribution in [0.15, 0.2) is 0 Å². The van der Waals surface area contributed by atoms with Crippen molar-refractivity contribution in [1.29, 1.82) is 5.26 Å². The highest BCUT2D eigenvalue weighted by Crippen LogP contribution is 2.53. The van der Waals surface area contributed by atoms with Crippen LogP contribution in [0, 0.1) is 28.6 Å². The van der Waals surface area contributed by atoms with Gasteiger partial charge in [-0.25, -0.2) is 0 Å². The molecular weight excluding hydrogens is 276 g/mol. The van der Waals surface area contributed by atoms with Crippen LogP contribution in [0.25, 0.3) is 0 Å². The third-order valence-electron chi connectivity index (χ3n) is 5.97. The van der Waals surface area contributed by atoms with Crippen molar-refractivity contribution >= 4 is 5.91 Å². The largest absolute Gasteiger partial charge is 0.390 e. The molecule has 1 heterocycles. The lowest BCUT2D eigenvalue weighted by atomic mass is 9.56. The molecule has 3 aliphatic rings. The highest BCUT2D eigenvalue weighted by molar-refractivity contribution is 5.78. The van der Waals surface area contributed by atoms with E-state index in [9.17, 15) is 15.2 Å². The lowest BCUT2D eigenvalue weighted by molar-refractivity contribution is -0.141. The number of fused-ring (bicyclic) bond motifs is 2. The van der Waals surface area contributed by atoms with E-state index in [1.54, 1.807) is 4.90 Å². The van der Waals surface area contributed by atoms with E-state index in [1.165, 1.54) is 6.42 Å². The molecule has 4 nitrogen and oxygen atoms in total. The third kappa shape index (κ3) is 3.01. The minimum atomic E-state index is -0.574. The standard InChI is InChI=1S/C18H28N2O2/c1-13-6-14-8-17(2,12-18(22,7-13)9-14)10-16(21)20-5-3-4-15(20)11-19/h13-15,22H,3-10,12H2,1-2H3. The molecule has 22 heavy (non-hydrogen) atoms. The maximum atomic E-state index is 12.7. The zero-order chi connectivity index (χ0) is 16.0. The van der Waals surface area contributed by atoms with Crippen molar-refractivity contribution in [3.63, 3.8) is 0 Å². The summed E-state index contributed by atoms with van der Waals surface area (Å²) in [5.41, 5.74) is -0.688. The van der Waals surface area contributed by atoms with Crippen LogP contribution < -0.4 is 0 Å². The topological polar surface area (TPSA) is 64.3 Å². The summed E-state index contributed by atoms with van der Waals surface area (Å²) in [5.74, 6) is 1.25. The van der Waals surface area contributed by atoms with Gasteiger partial charge in [-0.05, 0) is 62.2 Å². The molecule has 0 aromatic rings. The van der Waals surface area contributed by atoms with Crippen LogP contribution in [0.5, 0.6) is 0 Å². The number of carbonyl (C=O) groups is 1. The third-order valence-corrected chi connectivity index (χ3v) is 5.97. The number of nitriles is 1. The minimum absolute atomic E-state index is 0.114. The van der Waals surface area contributed by atoms with Gasteiger partial charge in [0.25, 0.3) is 0 Å². The molecule has 1 N–H and O–H groups in total. The van der Waals surface area contributed by atoms with E-state index < -0.39 is 5.60 Å². The number of nitrogens with zero attached hydrogens (tertiary/aromatic N) is 2. The quantitative estimate of drug-likeness (QED) is 0.853. The molecule has 1 saturated heterocycles. The van der Waals surface area contributed by atoms with Crippen LogP contribution in [0.3, 0.4) is 0 Å². The molecule has 1 amide bonds. The van der Waals surface area contributed by atoms with Crippen molar-refractivity contribution in [2.24, 2.45) is 17.3 Å². The fourth-order valence-corrected chi connectivity index (χ4v) is 5.67. The van der Waals surface area contributed by atoms with Crippen molar-refractivity contribution in [2.75, 3.05) is 6.54 Å². The molecule has 2 bridgehead atoms. The van der Waals surface area contributed by atoms with Gasteiger partial charge in [0, 0.05) is 13.0 Å². The fourth-order valence-electron chi connectivity index (χ4n) is 5.67. The van der Waals surface area contributed by atoms with Gasteiger partial charge in [0.15, 0.2) is 0 Å². The van der Waals surface area contributed by atoms with Crippen LogP contribution in [0.1, 0.15) is 65.2 Å². The molecule has 5 unspecified atom stereocenters. The van der Waals surface area contributed by atoms with Gasteiger partial charge in [-0.15, -0.1) is 0 Å². The van der Waals surface area contributed by atoms with Gasteiger partial charge in [0.2, 0.25) is 5.91 Å². The zero-order valence-electron chi connectivity index (χ0n) is 13.8. The summed E-state index contributed by atoms with van der Waals surface area (Å²) in [7, 11) is 0. The van der Waals surface area contributed by atoms with Gasteiger partial charge in [-0.3, -0.25) is 4.79 Å². The van der Waals surface area contributed by atoms with Crippen LogP contribution in [-0.2, 0) is 4.79 Å². The Hall–Kier alpha value is -1.08. The lowest BCUT2D eigenvalue weighted by Gasteiger charge is -2.52. The Morgan fingerprint density at radius 2 is 2.18 bits per heavy atom. The first-order valence-electron chi connectivity index (χ1n) is 8.74. The maximum Gasteiger partial charge on any atom is 0.224 e. The van der Waals surface area contributed by atoms with Crippen molar-refractivity contribution in [3.05, 3.63) is 0 Å².